The van der Waals surface area contributed by atoms with E-state index < -0.39 is 0 Å². The monoisotopic (exact) mass is 297 g/mol. The molecule has 0 heterocycles. The molecule has 0 radical (unpaired) electrons. The van der Waals surface area contributed by atoms with E-state index in [2.05, 4.69) is 35.7 Å². The van der Waals surface area contributed by atoms with Crippen molar-refractivity contribution in [3.05, 3.63) is 30.3 Å². The van der Waals surface area contributed by atoms with Gasteiger partial charge in [0.1, 0.15) is 0 Å². The SMILES string of the molecule is N#CS[C@H]1CCCC[C@@H]1[Se]c1ccccc1. The molecule has 3 heteroatoms. The van der Waals surface area contributed by atoms with Crippen LogP contribution in [0.1, 0.15) is 25.7 Å². The van der Waals surface area contributed by atoms with Gasteiger partial charge in [-0.1, -0.05) is 0 Å². The molecule has 1 aromatic rings. The molecule has 0 aromatic heterocycles. The molecule has 1 fully saturated rings. The van der Waals surface area contributed by atoms with Gasteiger partial charge in [0.15, 0.2) is 0 Å². The van der Waals surface area contributed by atoms with E-state index in [0.717, 1.165) is 4.82 Å². The zero-order chi connectivity index (χ0) is 11.2. The first-order chi connectivity index (χ1) is 7.90. The van der Waals surface area contributed by atoms with Crippen LogP contribution in [-0.4, -0.2) is 20.2 Å². The topological polar surface area (TPSA) is 23.8 Å². The molecule has 1 aliphatic carbocycles. The number of hydrogen-bond acceptors (Lipinski definition) is 2. The number of nitriles is 1. The van der Waals surface area contributed by atoms with E-state index >= 15 is 0 Å². The van der Waals surface area contributed by atoms with Crippen LogP contribution < -0.4 is 4.46 Å². The molecule has 1 nitrogen and oxygen atoms in total. The van der Waals surface area contributed by atoms with Crippen LogP contribution in [-0.2, 0) is 0 Å². The van der Waals surface area contributed by atoms with Gasteiger partial charge in [-0.25, -0.2) is 0 Å². The van der Waals surface area contributed by atoms with Crippen LogP contribution >= 0.6 is 11.8 Å². The molecule has 84 valence electrons. The van der Waals surface area contributed by atoms with Crippen LogP contribution in [0.4, 0.5) is 0 Å². The average Bonchev–Trinajstić information content (AvgIpc) is 2.33. The van der Waals surface area contributed by atoms with Crippen LogP contribution in [0.3, 0.4) is 0 Å². The summed E-state index contributed by atoms with van der Waals surface area (Å²) in [5.41, 5.74) is 0. The number of rotatable bonds is 3. The molecule has 1 aliphatic rings. The van der Waals surface area contributed by atoms with Crippen molar-refractivity contribution in [1.82, 2.24) is 0 Å². The van der Waals surface area contributed by atoms with E-state index in [-0.39, 0.29) is 0 Å². The van der Waals surface area contributed by atoms with Crippen LogP contribution in [0.25, 0.3) is 0 Å². The van der Waals surface area contributed by atoms with E-state index in [1.54, 1.807) is 0 Å². The summed E-state index contributed by atoms with van der Waals surface area (Å²) in [6.45, 7) is 0. The van der Waals surface area contributed by atoms with Crippen LogP contribution in [0.5, 0.6) is 0 Å². The molecule has 2 rings (SSSR count). The minimum atomic E-state index is 0.538. The molecule has 0 N–H and O–H groups in total. The fraction of sp³-hybridized carbons (Fsp3) is 0.462. The van der Waals surface area contributed by atoms with Crippen molar-refractivity contribution in [2.75, 3.05) is 0 Å². The van der Waals surface area contributed by atoms with Gasteiger partial charge in [-0.2, -0.15) is 0 Å². The summed E-state index contributed by atoms with van der Waals surface area (Å²) < 4.78 is 1.48. The molecule has 2 atom stereocenters. The molecule has 16 heavy (non-hydrogen) atoms. The number of thiocyanates is 1. The van der Waals surface area contributed by atoms with Gasteiger partial charge in [0.25, 0.3) is 0 Å². The van der Waals surface area contributed by atoms with Crippen molar-refractivity contribution in [2.45, 2.75) is 35.7 Å². The Kier molecular flexibility index (Phi) is 4.78. The van der Waals surface area contributed by atoms with E-state index in [1.165, 1.54) is 41.9 Å². The second kappa shape index (κ2) is 6.35. The normalized spacial score (nSPS) is 24.9. The summed E-state index contributed by atoms with van der Waals surface area (Å²) in [7, 11) is 0. The summed E-state index contributed by atoms with van der Waals surface area (Å²) in [6, 6.07) is 10.8. The van der Waals surface area contributed by atoms with Gasteiger partial charge < -0.3 is 0 Å². The van der Waals surface area contributed by atoms with Crippen molar-refractivity contribution in [2.24, 2.45) is 0 Å². The summed E-state index contributed by atoms with van der Waals surface area (Å²) in [5, 5.41) is 11.7. The van der Waals surface area contributed by atoms with E-state index in [4.69, 9.17) is 5.26 Å². The average molecular weight is 296 g/mol. The van der Waals surface area contributed by atoms with Gasteiger partial charge in [-0.3, -0.25) is 0 Å². The van der Waals surface area contributed by atoms with E-state index in [1.807, 2.05) is 0 Å². The fourth-order valence-corrected chi connectivity index (χ4v) is 6.01. The molecule has 0 bridgehead atoms. The number of thioether (sulfide) groups is 1. The van der Waals surface area contributed by atoms with Gasteiger partial charge in [-0.15, -0.1) is 0 Å². The summed E-state index contributed by atoms with van der Waals surface area (Å²) in [4.78, 5) is 0.758. The Morgan fingerprint density at radius 3 is 2.69 bits per heavy atom. The predicted octanol–water partition coefficient (Wildman–Crippen LogP) is 2.96. The summed E-state index contributed by atoms with van der Waals surface area (Å²) in [5.74, 6) is 0. The van der Waals surface area contributed by atoms with Gasteiger partial charge in [0.05, 0.1) is 0 Å². The Morgan fingerprint density at radius 2 is 1.94 bits per heavy atom. The van der Waals surface area contributed by atoms with Crippen molar-refractivity contribution in [3.63, 3.8) is 0 Å². The van der Waals surface area contributed by atoms with Crippen LogP contribution in [0, 0.1) is 10.7 Å². The molecule has 1 aromatic carbocycles. The van der Waals surface area contributed by atoms with Gasteiger partial charge in [-0.05, 0) is 0 Å². The van der Waals surface area contributed by atoms with Gasteiger partial charge >= 0.3 is 108 Å². The standard InChI is InChI=1S/C13H15NSSe/c14-10-15-12-8-4-5-9-13(12)16-11-6-2-1-3-7-11/h1-3,6-7,12-13H,4-5,8-9H2/t12-,13-/m0/s1. The first-order valence-corrected chi connectivity index (χ1v) is 8.39. The minimum absolute atomic E-state index is 0.538. The third-order valence-corrected chi connectivity index (χ3v) is 7.20. The van der Waals surface area contributed by atoms with Gasteiger partial charge in [0.2, 0.25) is 0 Å². The molecular formula is C13H15NSSe. The third-order valence-electron chi connectivity index (χ3n) is 2.88. The number of nitrogens with zero attached hydrogens (tertiary/aromatic N) is 1. The zero-order valence-corrected chi connectivity index (χ0v) is 11.7. The van der Waals surface area contributed by atoms with Crippen molar-refractivity contribution in [1.29, 1.82) is 5.26 Å². The quantitative estimate of drug-likeness (QED) is 0.632. The second-order valence-corrected chi connectivity index (χ2v) is 7.78. The zero-order valence-electron chi connectivity index (χ0n) is 9.13. The molecule has 0 amide bonds. The Balaban J connectivity index is 1.99. The van der Waals surface area contributed by atoms with Crippen molar-refractivity contribution in [3.8, 4) is 5.40 Å². The van der Waals surface area contributed by atoms with Crippen molar-refractivity contribution >= 4 is 31.2 Å². The first-order valence-electron chi connectivity index (χ1n) is 5.66. The number of benzene rings is 1. The van der Waals surface area contributed by atoms with E-state index in [0.29, 0.717) is 20.2 Å². The molecule has 0 aliphatic heterocycles. The van der Waals surface area contributed by atoms with Crippen LogP contribution in [0.2, 0.25) is 4.82 Å². The number of hydrogen-bond donors (Lipinski definition) is 0. The molecule has 1 saturated carbocycles. The second-order valence-electron chi connectivity index (χ2n) is 4.00. The maximum atomic E-state index is 8.82. The third kappa shape index (κ3) is 3.28. The summed E-state index contributed by atoms with van der Waals surface area (Å²) >= 11 is 2.04. The summed E-state index contributed by atoms with van der Waals surface area (Å²) in [6.07, 6.45) is 5.20. The molecular weight excluding hydrogens is 281 g/mol. The molecule has 0 unspecified atom stereocenters. The maximum absolute atomic E-state index is 8.82. The Hall–Kier alpha value is -0.421. The Labute approximate surface area is 108 Å². The van der Waals surface area contributed by atoms with Crippen LogP contribution in [0.15, 0.2) is 30.3 Å². The predicted molar refractivity (Wildman–Crippen MR) is 71.0 cm³/mol. The molecule has 0 spiro atoms. The Morgan fingerprint density at radius 1 is 1.19 bits per heavy atom. The first kappa shape index (κ1) is 12.0. The van der Waals surface area contributed by atoms with E-state index in [9.17, 15) is 0 Å². The molecule has 0 saturated heterocycles. The van der Waals surface area contributed by atoms with Crippen molar-refractivity contribution < 1.29 is 0 Å². The Bertz CT molecular complexity index is 360. The van der Waals surface area contributed by atoms with Gasteiger partial charge in [0, 0.05) is 0 Å². The fourth-order valence-electron chi connectivity index (χ4n) is 2.07.